The second kappa shape index (κ2) is 9.94. The summed E-state index contributed by atoms with van der Waals surface area (Å²) in [5, 5.41) is 7.68. The molecule has 7 nitrogen and oxygen atoms in total. The predicted octanol–water partition coefficient (Wildman–Crippen LogP) is 3.93. The zero-order valence-corrected chi connectivity index (χ0v) is 18.1. The molecule has 1 aliphatic heterocycles. The molecule has 4 rings (SSSR count). The van der Waals surface area contributed by atoms with Gasteiger partial charge in [0.25, 0.3) is 0 Å². The number of benzene rings is 2. The van der Waals surface area contributed by atoms with Gasteiger partial charge >= 0.3 is 0 Å². The van der Waals surface area contributed by atoms with Gasteiger partial charge in [0.05, 0.1) is 13.7 Å². The number of nitrogens with one attached hydrogen (secondary N) is 1. The average molecular weight is 441 g/mol. The molecular weight excluding hydrogens is 416 g/mol. The van der Waals surface area contributed by atoms with Gasteiger partial charge in [-0.25, -0.2) is 0 Å². The van der Waals surface area contributed by atoms with E-state index in [2.05, 4.69) is 26.4 Å². The van der Waals surface area contributed by atoms with E-state index in [0.29, 0.717) is 11.7 Å². The SMILES string of the molecule is COc1ccc(-c2noc(CNC(=O)C3CCN(Cc4cccc(Cl)c4)CC3)n2)cc1. The number of carbonyl (C=O) groups is 1. The molecule has 2 heterocycles. The van der Waals surface area contributed by atoms with Gasteiger partial charge in [-0.15, -0.1) is 0 Å². The van der Waals surface area contributed by atoms with E-state index in [1.807, 2.05) is 42.5 Å². The Labute approximate surface area is 186 Å². The highest BCUT2D eigenvalue weighted by atomic mass is 35.5. The fourth-order valence-corrected chi connectivity index (χ4v) is 3.95. The van der Waals surface area contributed by atoms with Crippen molar-refractivity contribution in [3.05, 3.63) is 65.0 Å². The number of rotatable bonds is 7. The van der Waals surface area contributed by atoms with Crippen molar-refractivity contribution in [3.8, 4) is 17.1 Å². The standard InChI is InChI=1S/C23H25ClN4O3/c1-30-20-7-5-17(6-8-20)22-26-21(31-27-22)14-25-23(29)18-9-11-28(12-10-18)15-16-3-2-4-19(24)13-16/h2-8,13,18H,9-12,14-15H2,1H3,(H,25,29). The number of methoxy groups -OCH3 is 1. The van der Waals surface area contributed by atoms with E-state index >= 15 is 0 Å². The molecule has 1 fully saturated rings. The molecule has 1 aromatic heterocycles. The number of likely N-dealkylation sites (tertiary alicyclic amines) is 1. The molecule has 0 radical (unpaired) electrons. The van der Waals surface area contributed by atoms with E-state index in [0.717, 1.165) is 48.8 Å². The Hall–Kier alpha value is -2.90. The number of hydrogen-bond acceptors (Lipinski definition) is 6. The first kappa shape index (κ1) is 21.3. The second-order valence-corrected chi connectivity index (χ2v) is 8.07. The number of piperidine rings is 1. The average Bonchev–Trinajstić information content (AvgIpc) is 3.27. The highest BCUT2D eigenvalue weighted by Gasteiger charge is 2.25. The molecule has 0 bridgehead atoms. The van der Waals surface area contributed by atoms with Gasteiger partial charge < -0.3 is 14.6 Å². The third-order valence-corrected chi connectivity index (χ3v) is 5.72. The van der Waals surface area contributed by atoms with Crippen molar-refractivity contribution < 1.29 is 14.1 Å². The van der Waals surface area contributed by atoms with Crippen LogP contribution in [0.3, 0.4) is 0 Å². The minimum atomic E-state index is -0.000378. The molecule has 1 saturated heterocycles. The molecule has 1 aliphatic rings. The monoisotopic (exact) mass is 440 g/mol. The Morgan fingerprint density at radius 2 is 2.00 bits per heavy atom. The molecule has 0 spiro atoms. The summed E-state index contributed by atoms with van der Waals surface area (Å²) in [5.41, 5.74) is 2.02. The quantitative estimate of drug-likeness (QED) is 0.599. The third-order valence-electron chi connectivity index (χ3n) is 5.48. The van der Waals surface area contributed by atoms with Gasteiger partial charge in [-0.3, -0.25) is 9.69 Å². The number of nitrogens with zero attached hydrogens (tertiary/aromatic N) is 3. The first-order chi connectivity index (χ1) is 15.1. The van der Waals surface area contributed by atoms with Crippen LogP contribution in [-0.2, 0) is 17.9 Å². The number of ether oxygens (including phenoxy) is 1. The van der Waals surface area contributed by atoms with Crippen molar-refractivity contribution >= 4 is 17.5 Å². The summed E-state index contributed by atoms with van der Waals surface area (Å²) < 4.78 is 10.4. The van der Waals surface area contributed by atoms with Crippen molar-refractivity contribution in [2.75, 3.05) is 20.2 Å². The fourth-order valence-electron chi connectivity index (χ4n) is 3.74. The van der Waals surface area contributed by atoms with Gasteiger partial charge in [0.1, 0.15) is 5.75 Å². The van der Waals surface area contributed by atoms with E-state index in [-0.39, 0.29) is 18.4 Å². The Bertz CT molecular complexity index is 1010. The summed E-state index contributed by atoms with van der Waals surface area (Å²) >= 11 is 6.07. The van der Waals surface area contributed by atoms with Gasteiger partial charge in [-0.2, -0.15) is 4.98 Å². The number of aromatic nitrogens is 2. The van der Waals surface area contributed by atoms with Crippen molar-refractivity contribution in [1.82, 2.24) is 20.4 Å². The molecule has 1 amide bonds. The highest BCUT2D eigenvalue weighted by molar-refractivity contribution is 6.30. The molecular formula is C23H25ClN4O3. The Morgan fingerprint density at radius 3 is 2.71 bits per heavy atom. The highest BCUT2D eigenvalue weighted by Crippen LogP contribution is 2.22. The number of halogens is 1. The van der Waals surface area contributed by atoms with E-state index in [1.165, 1.54) is 5.56 Å². The summed E-state index contributed by atoms with van der Waals surface area (Å²) in [6.45, 7) is 2.84. The van der Waals surface area contributed by atoms with Gasteiger partial charge in [-0.05, 0) is 67.9 Å². The summed E-state index contributed by atoms with van der Waals surface area (Å²) in [7, 11) is 1.62. The maximum absolute atomic E-state index is 12.6. The lowest BCUT2D eigenvalue weighted by Gasteiger charge is -2.31. The number of amides is 1. The van der Waals surface area contributed by atoms with Crippen LogP contribution in [0.2, 0.25) is 5.02 Å². The van der Waals surface area contributed by atoms with Crippen molar-refractivity contribution in [1.29, 1.82) is 0 Å². The van der Waals surface area contributed by atoms with E-state index in [1.54, 1.807) is 7.11 Å². The van der Waals surface area contributed by atoms with Crippen LogP contribution >= 0.6 is 11.6 Å². The van der Waals surface area contributed by atoms with E-state index in [9.17, 15) is 4.79 Å². The lowest BCUT2D eigenvalue weighted by Crippen LogP contribution is -2.40. The van der Waals surface area contributed by atoms with Crippen LogP contribution in [-0.4, -0.2) is 41.1 Å². The molecule has 0 atom stereocenters. The summed E-state index contributed by atoms with van der Waals surface area (Å²) in [6, 6.07) is 15.3. The lowest BCUT2D eigenvalue weighted by molar-refractivity contribution is -0.126. The minimum absolute atomic E-state index is 0.000378. The first-order valence-electron chi connectivity index (χ1n) is 10.3. The zero-order chi connectivity index (χ0) is 21.6. The van der Waals surface area contributed by atoms with Crippen molar-refractivity contribution in [2.45, 2.75) is 25.9 Å². The molecule has 31 heavy (non-hydrogen) atoms. The van der Waals surface area contributed by atoms with Crippen LogP contribution in [0.15, 0.2) is 53.1 Å². The van der Waals surface area contributed by atoms with E-state index < -0.39 is 0 Å². The zero-order valence-electron chi connectivity index (χ0n) is 17.4. The Kier molecular flexibility index (Phi) is 6.84. The van der Waals surface area contributed by atoms with Crippen LogP contribution < -0.4 is 10.1 Å². The van der Waals surface area contributed by atoms with Gasteiger partial charge in [-0.1, -0.05) is 28.9 Å². The first-order valence-corrected chi connectivity index (χ1v) is 10.7. The predicted molar refractivity (Wildman–Crippen MR) is 118 cm³/mol. The largest absolute Gasteiger partial charge is 0.497 e. The van der Waals surface area contributed by atoms with Crippen LogP contribution in [0, 0.1) is 5.92 Å². The molecule has 0 aliphatic carbocycles. The normalized spacial score (nSPS) is 15.0. The molecule has 0 saturated carbocycles. The molecule has 2 aromatic carbocycles. The third kappa shape index (κ3) is 5.62. The summed E-state index contributed by atoms with van der Waals surface area (Å²) in [6.07, 6.45) is 1.65. The summed E-state index contributed by atoms with van der Waals surface area (Å²) in [5.74, 6) is 1.67. The number of hydrogen-bond donors (Lipinski definition) is 1. The van der Waals surface area contributed by atoms with Crippen LogP contribution in [0.4, 0.5) is 0 Å². The second-order valence-electron chi connectivity index (χ2n) is 7.64. The van der Waals surface area contributed by atoms with Crippen molar-refractivity contribution in [3.63, 3.8) is 0 Å². The van der Waals surface area contributed by atoms with Gasteiger partial charge in [0.2, 0.25) is 17.6 Å². The van der Waals surface area contributed by atoms with E-state index in [4.69, 9.17) is 20.9 Å². The van der Waals surface area contributed by atoms with Gasteiger partial charge in [0, 0.05) is 23.0 Å². The molecule has 3 aromatic rings. The smallest absolute Gasteiger partial charge is 0.246 e. The van der Waals surface area contributed by atoms with Gasteiger partial charge in [0.15, 0.2) is 0 Å². The number of carbonyl (C=O) groups excluding carboxylic acids is 1. The minimum Gasteiger partial charge on any atom is -0.497 e. The lowest BCUT2D eigenvalue weighted by atomic mass is 9.95. The molecule has 162 valence electrons. The van der Waals surface area contributed by atoms with Crippen molar-refractivity contribution in [2.24, 2.45) is 5.92 Å². The summed E-state index contributed by atoms with van der Waals surface area (Å²) in [4.78, 5) is 19.3. The molecule has 8 heteroatoms. The molecule has 1 N–H and O–H groups in total. The maximum Gasteiger partial charge on any atom is 0.246 e. The van der Waals surface area contributed by atoms with Crippen LogP contribution in [0.5, 0.6) is 5.75 Å². The fraction of sp³-hybridized carbons (Fsp3) is 0.348. The van der Waals surface area contributed by atoms with Crippen LogP contribution in [0.25, 0.3) is 11.4 Å². The Morgan fingerprint density at radius 1 is 1.23 bits per heavy atom. The van der Waals surface area contributed by atoms with Crippen LogP contribution in [0.1, 0.15) is 24.3 Å². The maximum atomic E-state index is 12.6. The molecule has 0 unspecified atom stereocenters. The topological polar surface area (TPSA) is 80.5 Å². The Balaban J connectivity index is 1.24.